The van der Waals surface area contributed by atoms with E-state index in [0.29, 0.717) is 23.0 Å². The highest BCUT2D eigenvalue weighted by Crippen LogP contribution is 2.33. The predicted molar refractivity (Wildman–Crippen MR) is 171 cm³/mol. The van der Waals surface area contributed by atoms with Crippen molar-refractivity contribution in [1.29, 1.82) is 0 Å². The summed E-state index contributed by atoms with van der Waals surface area (Å²) >= 11 is 0. The quantitative estimate of drug-likeness (QED) is 0.187. The number of amides is 1. The van der Waals surface area contributed by atoms with Gasteiger partial charge in [-0.2, -0.15) is 0 Å². The first-order valence-electron chi connectivity index (χ1n) is 14.6. The number of rotatable bonds is 10. The number of methoxy groups -OCH3 is 2. The van der Waals surface area contributed by atoms with Gasteiger partial charge in [-0.15, -0.1) is 0 Å². The number of aryl methyl sites for hydroxylation is 1. The summed E-state index contributed by atoms with van der Waals surface area (Å²) in [6.45, 7) is 4.81. The van der Waals surface area contributed by atoms with Gasteiger partial charge < -0.3 is 24.5 Å². The van der Waals surface area contributed by atoms with Crippen LogP contribution in [0.1, 0.15) is 32.6 Å². The van der Waals surface area contributed by atoms with Crippen molar-refractivity contribution in [3.8, 4) is 23.0 Å². The van der Waals surface area contributed by atoms with Crippen molar-refractivity contribution >= 4 is 23.2 Å². The van der Waals surface area contributed by atoms with Gasteiger partial charge in [-0.25, -0.2) is 9.97 Å². The molecule has 1 amide bonds. The molecule has 0 saturated heterocycles. The van der Waals surface area contributed by atoms with Crippen LogP contribution in [0.4, 0.5) is 17.3 Å². The van der Waals surface area contributed by atoms with E-state index in [9.17, 15) is 4.79 Å². The molecule has 0 aliphatic carbocycles. The standard InChI is InChI=1S/C35H35N5O4/c1-23-6-9-26(19-30(23)39-35-36-15-12-29(38-35)31-5-4-18-44-31)34(41)37-28-10-7-24(8-11-28)13-16-40-17-14-25-20-32(42-2)33(43-3)21-27(25)22-40/h4-12,15,18-21H,13-14,16-17,22H2,1-3H3,(H,37,41)(H,36,38,39). The average molecular weight is 590 g/mol. The molecule has 0 spiro atoms. The number of carbonyl (C=O) groups excluding carboxylic acids is 1. The Hall–Kier alpha value is -5.15. The Balaban J connectivity index is 1.05. The summed E-state index contributed by atoms with van der Waals surface area (Å²) in [6, 6.07) is 23.2. The van der Waals surface area contributed by atoms with Gasteiger partial charge in [0.15, 0.2) is 17.3 Å². The average Bonchev–Trinajstić information content (AvgIpc) is 3.60. The van der Waals surface area contributed by atoms with Crippen molar-refractivity contribution in [2.24, 2.45) is 0 Å². The van der Waals surface area contributed by atoms with Crippen molar-refractivity contribution in [2.75, 3.05) is 37.9 Å². The zero-order valence-corrected chi connectivity index (χ0v) is 25.1. The molecular formula is C35H35N5O4. The van der Waals surface area contributed by atoms with Gasteiger partial charge in [-0.05, 0) is 96.6 Å². The molecule has 1 aliphatic heterocycles. The van der Waals surface area contributed by atoms with Crippen LogP contribution in [0.2, 0.25) is 0 Å². The van der Waals surface area contributed by atoms with Gasteiger partial charge in [-0.3, -0.25) is 9.69 Å². The van der Waals surface area contributed by atoms with Crippen molar-refractivity contribution in [2.45, 2.75) is 26.3 Å². The Bertz CT molecular complexity index is 1750. The van der Waals surface area contributed by atoms with Crippen LogP contribution < -0.4 is 20.1 Å². The first-order chi connectivity index (χ1) is 21.5. The van der Waals surface area contributed by atoms with Crippen LogP contribution in [0, 0.1) is 6.92 Å². The SMILES string of the molecule is COc1cc2c(cc1OC)CN(CCc1ccc(NC(=O)c3ccc(C)c(Nc4nccc(-c5ccco5)n4)c3)cc1)CC2. The topological polar surface area (TPSA) is 102 Å². The predicted octanol–water partition coefficient (Wildman–Crippen LogP) is 6.66. The molecule has 0 saturated carbocycles. The van der Waals surface area contributed by atoms with E-state index in [2.05, 4.69) is 49.8 Å². The van der Waals surface area contributed by atoms with Gasteiger partial charge in [0.1, 0.15) is 5.69 Å². The minimum atomic E-state index is -0.190. The van der Waals surface area contributed by atoms with Crippen molar-refractivity contribution < 1.29 is 18.7 Å². The van der Waals surface area contributed by atoms with E-state index >= 15 is 0 Å². The number of nitrogens with one attached hydrogen (secondary N) is 2. The third-order valence-electron chi connectivity index (χ3n) is 7.90. The Kier molecular flexibility index (Phi) is 8.56. The van der Waals surface area contributed by atoms with Gasteiger partial charge in [-0.1, -0.05) is 18.2 Å². The molecule has 0 radical (unpaired) electrons. The number of anilines is 3. The highest BCUT2D eigenvalue weighted by Gasteiger charge is 2.19. The Morgan fingerprint density at radius 3 is 2.52 bits per heavy atom. The van der Waals surface area contributed by atoms with Crippen molar-refractivity contribution in [3.63, 3.8) is 0 Å². The molecule has 1 aliphatic rings. The van der Waals surface area contributed by atoms with E-state index < -0.39 is 0 Å². The second kappa shape index (κ2) is 13.0. The summed E-state index contributed by atoms with van der Waals surface area (Å²) in [5.41, 5.74) is 7.50. The van der Waals surface area contributed by atoms with Gasteiger partial charge in [0.25, 0.3) is 5.91 Å². The molecule has 9 nitrogen and oxygen atoms in total. The number of nitrogens with zero attached hydrogens (tertiary/aromatic N) is 3. The van der Waals surface area contributed by atoms with E-state index in [0.717, 1.165) is 60.9 Å². The van der Waals surface area contributed by atoms with Gasteiger partial charge in [0.05, 0.1) is 20.5 Å². The third-order valence-corrected chi connectivity index (χ3v) is 7.90. The van der Waals surface area contributed by atoms with Crippen LogP contribution in [0.3, 0.4) is 0 Å². The lowest BCUT2D eigenvalue weighted by Crippen LogP contribution is -2.32. The van der Waals surface area contributed by atoms with Gasteiger partial charge in [0.2, 0.25) is 5.95 Å². The van der Waals surface area contributed by atoms with E-state index in [4.69, 9.17) is 13.9 Å². The van der Waals surface area contributed by atoms with Gasteiger partial charge >= 0.3 is 0 Å². The summed E-state index contributed by atoms with van der Waals surface area (Å²) < 4.78 is 16.4. The number of carbonyl (C=O) groups is 1. The highest BCUT2D eigenvalue weighted by atomic mass is 16.5. The molecule has 3 aromatic carbocycles. The second-order valence-electron chi connectivity index (χ2n) is 10.8. The summed E-state index contributed by atoms with van der Waals surface area (Å²) in [7, 11) is 3.35. The number of benzene rings is 3. The highest BCUT2D eigenvalue weighted by molar-refractivity contribution is 6.05. The molecule has 0 bridgehead atoms. The molecule has 5 aromatic rings. The van der Waals surface area contributed by atoms with E-state index in [1.54, 1.807) is 32.7 Å². The zero-order valence-electron chi connectivity index (χ0n) is 25.1. The monoisotopic (exact) mass is 589 g/mol. The Labute approximate surface area is 256 Å². The first kappa shape index (κ1) is 28.9. The molecule has 2 N–H and O–H groups in total. The smallest absolute Gasteiger partial charge is 0.255 e. The maximum absolute atomic E-state index is 13.1. The molecule has 0 unspecified atom stereocenters. The number of aromatic nitrogens is 2. The second-order valence-corrected chi connectivity index (χ2v) is 10.8. The van der Waals surface area contributed by atoms with Crippen LogP contribution in [0.25, 0.3) is 11.5 Å². The fraction of sp³-hybridized carbons (Fsp3) is 0.229. The van der Waals surface area contributed by atoms with Gasteiger partial charge in [0, 0.05) is 42.8 Å². The number of furan rings is 1. The summed E-state index contributed by atoms with van der Waals surface area (Å²) in [6.07, 6.45) is 5.19. The largest absolute Gasteiger partial charge is 0.493 e. The van der Waals surface area contributed by atoms with E-state index in [1.165, 1.54) is 16.7 Å². The maximum Gasteiger partial charge on any atom is 0.255 e. The zero-order chi connectivity index (χ0) is 30.5. The number of ether oxygens (including phenoxy) is 2. The van der Waals surface area contributed by atoms with Crippen LogP contribution in [0.5, 0.6) is 11.5 Å². The van der Waals surface area contributed by atoms with Crippen molar-refractivity contribution in [1.82, 2.24) is 14.9 Å². The fourth-order valence-corrected chi connectivity index (χ4v) is 5.38. The number of hydrogen-bond donors (Lipinski definition) is 2. The Morgan fingerprint density at radius 2 is 1.77 bits per heavy atom. The summed E-state index contributed by atoms with van der Waals surface area (Å²) in [5, 5.41) is 6.26. The minimum absolute atomic E-state index is 0.190. The number of fused-ring (bicyclic) bond motifs is 1. The third kappa shape index (κ3) is 6.58. The number of hydrogen-bond acceptors (Lipinski definition) is 8. The Morgan fingerprint density at radius 1 is 0.977 bits per heavy atom. The van der Waals surface area contributed by atoms with Crippen LogP contribution in [-0.4, -0.2) is 48.1 Å². The van der Waals surface area contributed by atoms with E-state index in [-0.39, 0.29) is 5.91 Å². The first-order valence-corrected chi connectivity index (χ1v) is 14.6. The van der Waals surface area contributed by atoms with Crippen LogP contribution in [0.15, 0.2) is 89.7 Å². The minimum Gasteiger partial charge on any atom is -0.493 e. The van der Waals surface area contributed by atoms with Crippen molar-refractivity contribution in [3.05, 3.63) is 113 Å². The fourth-order valence-electron chi connectivity index (χ4n) is 5.38. The lowest BCUT2D eigenvalue weighted by molar-refractivity contribution is 0.102. The normalized spacial score (nSPS) is 12.8. The molecule has 224 valence electrons. The molecule has 2 aromatic heterocycles. The molecule has 0 fully saturated rings. The molecule has 0 atom stereocenters. The molecule has 6 rings (SSSR count). The molecule has 44 heavy (non-hydrogen) atoms. The lowest BCUT2D eigenvalue weighted by atomic mass is 9.98. The van der Waals surface area contributed by atoms with Crippen LogP contribution in [-0.2, 0) is 19.4 Å². The summed E-state index contributed by atoms with van der Waals surface area (Å²) in [5.74, 6) is 2.45. The van der Waals surface area contributed by atoms with E-state index in [1.807, 2.05) is 49.4 Å². The molecular weight excluding hydrogens is 554 g/mol. The summed E-state index contributed by atoms with van der Waals surface area (Å²) in [4.78, 5) is 24.5. The van der Waals surface area contributed by atoms with Crippen LogP contribution >= 0.6 is 0 Å². The lowest BCUT2D eigenvalue weighted by Gasteiger charge is -2.29. The molecule has 3 heterocycles. The maximum atomic E-state index is 13.1. The molecule has 9 heteroatoms.